The number of hydrogen-bond donors (Lipinski definition) is 0. The normalized spacial score (nSPS) is 10.2. The van der Waals surface area contributed by atoms with Crippen molar-refractivity contribution in [2.24, 2.45) is 0 Å². The molecule has 0 amide bonds. The van der Waals surface area contributed by atoms with Crippen LogP contribution in [-0.4, -0.2) is 18.0 Å². The van der Waals surface area contributed by atoms with Crippen LogP contribution in [0, 0.1) is 0 Å². The van der Waals surface area contributed by atoms with Crippen LogP contribution in [0.2, 0.25) is 0 Å². The summed E-state index contributed by atoms with van der Waals surface area (Å²) in [5, 5.41) is 0. The molecule has 0 saturated carbocycles. The van der Waals surface area contributed by atoms with E-state index >= 15 is 0 Å². The van der Waals surface area contributed by atoms with Gasteiger partial charge in [-0.25, -0.2) is 0 Å². The van der Waals surface area contributed by atoms with Crippen molar-refractivity contribution in [1.82, 2.24) is 4.90 Å². The van der Waals surface area contributed by atoms with Gasteiger partial charge >= 0.3 is 0 Å². The number of benzene rings is 1. The molecule has 1 heteroatoms. The van der Waals surface area contributed by atoms with E-state index in [1.807, 2.05) is 19.1 Å². The second-order valence-electron chi connectivity index (χ2n) is 4.25. The molecule has 0 spiro atoms. The maximum absolute atomic E-state index is 3.97. The van der Waals surface area contributed by atoms with Crippen LogP contribution in [0.15, 0.2) is 56.2 Å². The Hall–Kier alpha value is -1.60. The van der Waals surface area contributed by atoms with Crippen molar-refractivity contribution in [3.8, 4) is 0 Å². The summed E-state index contributed by atoms with van der Waals surface area (Å²) in [5.74, 6) is 0. The lowest BCUT2D eigenvalue weighted by atomic mass is 10.1. The molecular formula is C16H21N. The lowest BCUT2D eigenvalue weighted by Gasteiger charge is -2.19. The van der Waals surface area contributed by atoms with Crippen LogP contribution in [0.5, 0.6) is 0 Å². The molecule has 90 valence electrons. The van der Waals surface area contributed by atoms with Crippen LogP contribution in [0.4, 0.5) is 0 Å². The number of allylic oxidation sites excluding steroid dienone is 1. The minimum absolute atomic E-state index is 0.878. The van der Waals surface area contributed by atoms with Crippen molar-refractivity contribution in [3.05, 3.63) is 67.3 Å². The lowest BCUT2D eigenvalue weighted by molar-refractivity contribution is 0.328. The zero-order valence-electron chi connectivity index (χ0n) is 10.7. The van der Waals surface area contributed by atoms with Gasteiger partial charge in [0.1, 0.15) is 0 Å². The van der Waals surface area contributed by atoms with Gasteiger partial charge in [-0.15, -0.1) is 13.2 Å². The Morgan fingerprint density at radius 2 is 1.88 bits per heavy atom. The predicted octanol–water partition coefficient (Wildman–Crippen LogP) is 3.89. The lowest BCUT2D eigenvalue weighted by Crippen LogP contribution is -2.23. The zero-order valence-corrected chi connectivity index (χ0v) is 10.7. The summed E-state index contributed by atoms with van der Waals surface area (Å²) in [6, 6.07) is 8.52. The van der Waals surface area contributed by atoms with E-state index in [-0.39, 0.29) is 0 Å². The number of nitrogens with zero attached hydrogens (tertiary/aromatic N) is 1. The third-order valence-electron chi connectivity index (χ3n) is 2.60. The molecular weight excluding hydrogens is 206 g/mol. The van der Waals surface area contributed by atoms with Gasteiger partial charge in [-0.2, -0.15) is 0 Å². The molecule has 0 aliphatic rings. The molecule has 0 aromatic heterocycles. The van der Waals surface area contributed by atoms with Crippen molar-refractivity contribution >= 4 is 5.57 Å². The molecule has 0 bridgehead atoms. The Bertz CT molecular complexity index is 394. The molecule has 1 aromatic rings. The molecule has 0 saturated heterocycles. The fourth-order valence-corrected chi connectivity index (χ4v) is 1.76. The van der Waals surface area contributed by atoms with Gasteiger partial charge in [-0.05, 0) is 18.1 Å². The second kappa shape index (κ2) is 6.87. The minimum Gasteiger partial charge on any atom is -0.292 e. The van der Waals surface area contributed by atoms with E-state index in [9.17, 15) is 0 Å². The summed E-state index contributed by atoms with van der Waals surface area (Å²) in [5.41, 5.74) is 3.61. The van der Waals surface area contributed by atoms with E-state index in [2.05, 4.69) is 48.9 Å². The van der Waals surface area contributed by atoms with Crippen molar-refractivity contribution in [2.45, 2.75) is 13.5 Å². The summed E-state index contributed by atoms with van der Waals surface area (Å²) in [6.45, 7) is 16.2. The monoisotopic (exact) mass is 227 g/mol. The van der Waals surface area contributed by atoms with E-state index in [1.165, 1.54) is 11.1 Å². The van der Waals surface area contributed by atoms with Crippen LogP contribution in [0.1, 0.15) is 18.1 Å². The largest absolute Gasteiger partial charge is 0.292 e. The number of hydrogen-bond acceptors (Lipinski definition) is 1. The van der Waals surface area contributed by atoms with Crippen molar-refractivity contribution in [1.29, 1.82) is 0 Å². The van der Waals surface area contributed by atoms with Gasteiger partial charge in [0.05, 0.1) is 0 Å². The molecule has 1 nitrogen and oxygen atoms in total. The highest BCUT2D eigenvalue weighted by Gasteiger charge is 2.03. The Balaban J connectivity index is 2.77. The summed E-state index contributed by atoms with van der Waals surface area (Å²) in [4.78, 5) is 2.29. The maximum atomic E-state index is 3.97. The first-order chi connectivity index (χ1) is 8.17. The zero-order chi connectivity index (χ0) is 12.7. The van der Waals surface area contributed by atoms with Crippen LogP contribution in [0.3, 0.4) is 0 Å². The molecule has 17 heavy (non-hydrogen) atoms. The highest BCUT2D eigenvalue weighted by molar-refractivity contribution is 5.61. The molecule has 1 aromatic carbocycles. The Labute approximate surface area is 105 Å². The average molecular weight is 227 g/mol. The molecule has 0 heterocycles. The molecule has 1 rings (SSSR count). The highest BCUT2D eigenvalue weighted by Crippen LogP contribution is 2.14. The van der Waals surface area contributed by atoms with Gasteiger partial charge in [0.25, 0.3) is 0 Å². The fourth-order valence-electron chi connectivity index (χ4n) is 1.76. The van der Waals surface area contributed by atoms with E-state index in [1.54, 1.807) is 0 Å². The Kier molecular flexibility index (Phi) is 5.44. The molecule has 0 unspecified atom stereocenters. The van der Waals surface area contributed by atoms with Gasteiger partial charge in [0.2, 0.25) is 0 Å². The van der Waals surface area contributed by atoms with Gasteiger partial charge in [-0.1, -0.05) is 48.6 Å². The van der Waals surface area contributed by atoms with Crippen LogP contribution in [0.25, 0.3) is 5.57 Å². The van der Waals surface area contributed by atoms with Crippen molar-refractivity contribution in [2.75, 3.05) is 13.1 Å². The molecule has 0 N–H and O–H groups in total. The Morgan fingerprint density at radius 3 is 2.41 bits per heavy atom. The standard InChI is InChI=1S/C16H21N/c1-5-10-17(11-6-2)13-15-8-7-9-16(12-15)14(3)4/h5-9,12H,1-3,10-11,13H2,4H3. The minimum atomic E-state index is 0.878. The third kappa shape index (κ3) is 4.41. The number of rotatable bonds is 7. The van der Waals surface area contributed by atoms with Crippen LogP contribution in [-0.2, 0) is 6.54 Å². The predicted molar refractivity (Wildman–Crippen MR) is 76.8 cm³/mol. The smallest absolute Gasteiger partial charge is 0.0240 e. The summed E-state index contributed by atoms with van der Waals surface area (Å²) in [7, 11) is 0. The topological polar surface area (TPSA) is 3.24 Å². The quantitative estimate of drug-likeness (QED) is 0.639. The Morgan fingerprint density at radius 1 is 1.24 bits per heavy atom. The third-order valence-corrected chi connectivity index (χ3v) is 2.60. The first-order valence-corrected chi connectivity index (χ1v) is 5.86. The summed E-state index contributed by atoms with van der Waals surface area (Å²) < 4.78 is 0. The summed E-state index contributed by atoms with van der Waals surface area (Å²) >= 11 is 0. The van der Waals surface area contributed by atoms with Crippen molar-refractivity contribution < 1.29 is 0 Å². The fraction of sp³-hybridized carbons (Fsp3) is 0.250. The SMILES string of the molecule is C=CCN(CC=C)Cc1cccc(C(=C)C)c1. The van der Waals surface area contributed by atoms with Gasteiger partial charge < -0.3 is 0 Å². The molecule has 0 aliphatic carbocycles. The van der Waals surface area contributed by atoms with Gasteiger partial charge in [-0.3, -0.25) is 4.90 Å². The first-order valence-electron chi connectivity index (χ1n) is 5.86. The first kappa shape index (κ1) is 13.5. The van der Waals surface area contributed by atoms with Gasteiger partial charge in [0, 0.05) is 19.6 Å². The van der Waals surface area contributed by atoms with E-state index in [0.29, 0.717) is 0 Å². The maximum Gasteiger partial charge on any atom is 0.0240 e. The summed E-state index contributed by atoms with van der Waals surface area (Å²) in [6.07, 6.45) is 3.85. The van der Waals surface area contributed by atoms with E-state index in [0.717, 1.165) is 25.2 Å². The van der Waals surface area contributed by atoms with Crippen molar-refractivity contribution in [3.63, 3.8) is 0 Å². The van der Waals surface area contributed by atoms with E-state index in [4.69, 9.17) is 0 Å². The van der Waals surface area contributed by atoms with E-state index < -0.39 is 0 Å². The molecule has 0 fully saturated rings. The second-order valence-corrected chi connectivity index (χ2v) is 4.25. The van der Waals surface area contributed by atoms with Crippen LogP contribution < -0.4 is 0 Å². The highest BCUT2D eigenvalue weighted by atomic mass is 15.1. The molecule has 0 radical (unpaired) electrons. The average Bonchev–Trinajstić information content (AvgIpc) is 2.30. The van der Waals surface area contributed by atoms with Crippen LogP contribution >= 0.6 is 0 Å². The van der Waals surface area contributed by atoms with Gasteiger partial charge in [0.15, 0.2) is 0 Å². The molecule has 0 atom stereocenters. The molecule has 0 aliphatic heterocycles.